The van der Waals surface area contributed by atoms with E-state index in [1.165, 1.54) is 42.3 Å². The summed E-state index contributed by atoms with van der Waals surface area (Å²) in [6, 6.07) is 5.23. The maximum atomic E-state index is 13.0. The van der Waals surface area contributed by atoms with Crippen LogP contribution in [0.5, 0.6) is 0 Å². The van der Waals surface area contributed by atoms with Crippen molar-refractivity contribution in [1.82, 2.24) is 9.55 Å². The SMILES string of the molecule is COC[C@@H](O)Cn1ccnc1-c1ccccc1C(F)(F)F. The molecule has 1 N–H and O–H groups in total. The van der Waals surface area contributed by atoms with E-state index in [4.69, 9.17) is 4.74 Å². The third-order valence-electron chi connectivity index (χ3n) is 2.96. The molecular weight excluding hydrogens is 285 g/mol. The smallest absolute Gasteiger partial charge is 0.389 e. The summed E-state index contributed by atoms with van der Waals surface area (Å²) >= 11 is 0. The highest BCUT2D eigenvalue weighted by Gasteiger charge is 2.34. The number of aliphatic hydroxyl groups excluding tert-OH is 1. The molecule has 0 saturated heterocycles. The monoisotopic (exact) mass is 300 g/mol. The quantitative estimate of drug-likeness (QED) is 0.923. The summed E-state index contributed by atoms with van der Waals surface area (Å²) in [5.41, 5.74) is -0.765. The van der Waals surface area contributed by atoms with Crippen molar-refractivity contribution in [2.75, 3.05) is 13.7 Å². The molecule has 2 aromatic rings. The highest BCUT2D eigenvalue weighted by atomic mass is 19.4. The molecular formula is C14H15F3N2O2. The molecule has 1 aromatic carbocycles. The van der Waals surface area contributed by atoms with Crippen LogP contribution >= 0.6 is 0 Å². The molecule has 0 amide bonds. The predicted octanol–water partition coefficient (Wildman–Crippen LogP) is 2.58. The van der Waals surface area contributed by atoms with Crippen molar-refractivity contribution >= 4 is 0 Å². The van der Waals surface area contributed by atoms with Crippen LogP contribution in [0.25, 0.3) is 11.4 Å². The largest absolute Gasteiger partial charge is 0.417 e. The van der Waals surface area contributed by atoms with Crippen molar-refractivity contribution in [1.29, 1.82) is 0 Å². The Balaban J connectivity index is 2.38. The lowest BCUT2D eigenvalue weighted by Crippen LogP contribution is -2.21. The molecule has 1 atom stereocenters. The average molecular weight is 300 g/mol. The van der Waals surface area contributed by atoms with Gasteiger partial charge in [0.15, 0.2) is 0 Å². The number of hydrogen-bond acceptors (Lipinski definition) is 3. The number of imidazole rings is 1. The normalized spacial score (nSPS) is 13.4. The first kappa shape index (κ1) is 15.5. The fourth-order valence-corrected chi connectivity index (χ4v) is 2.10. The van der Waals surface area contributed by atoms with Crippen molar-refractivity contribution < 1.29 is 23.0 Å². The van der Waals surface area contributed by atoms with Gasteiger partial charge in [0.05, 0.1) is 24.8 Å². The predicted molar refractivity (Wildman–Crippen MR) is 70.5 cm³/mol. The standard InChI is InChI=1S/C14H15F3N2O2/c1-21-9-10(20)8-19-7-6-18-13(19)11-4-2-3-5-12(11)14(15,16)17/h2-7,10,20H,8-9H2,1H3/t10-/m0/s1. The summed E-state index contributed by atoms with van der Waals surface area (Å²) in [7, 11) is 1.44. The molecule has 0 saturated carbocycles. The van der Waals surface area contributed by atoms with Gasteiger partial charge in [-0.1, -0.05) is 18.2 Å². The Kier molecular flexibility index (Phi) is 4.64. The summed E-state index contributed by atoms with van der Waals surface area (Å²) in [5, 5.41) is 9.73. The number of hydrogen-bond donors (Lipinski definition) is 1. The molecule has 0 aliphatic heterocycles. The number of alkyl halides is 3. The molecule has 4 nitrogen and oxygen atoms in total. The number of methoxy groups -OCH3 is 1. The van der Waals surface area contributed by atoms with Gasteiger partial charge in [-0.25, -0.2) is 4.98 Å². The summed E-state index contributed by atoms with van der Waals surface area (Å²) in [6.45, 7) is 0.202. The molecule has 0 fully saturated rings. The van der Waals surface area contributed by atoms with E-state index in [0.29, 0.717) is 0 Å². The van der Waals surface area contributed by atoms with E-state index in [1.54, 1.807) is 0 Å². The van der Waals surface area contributed by atoms with Gasteiger partial charge >= 0.3 is 6.18 Å². The van der Waals surface area contributed by atoms with Gasteiger partial charge in [0.2, 0.25) is 0 Å². The third-order valence-corrected chi connectivity index (χ3v) is 2.96. The number of ether oxygens (including phenoxy) is 1. The summed E-state index contributed by atoms with van der Waals surface area (Å²) in [4.78, 5) is 3.98. The minimum Gasteiger partial charge on any atom is -0.389 e. The van der Waals surface area contributed by atoms with Crippen LogP contribution in [0.15, 0.2) is 36.7 Å². The van der Waals surface area contributed by atoms with Crippen molar-refractivity contribution in [3.05, 3.63) is 42.2 Å². The van der Waals surface area contributed by atoms with Crippen molar-refractivity contribution in [2.45, 2.75) is 18.8 Å². The molecule has 0 spiro atoms. The average Bonchev–Trinajstić information content (AvgIpc) is 2.86. The molecule has 2 rings (SSSR count). The zero-order valence-corrected chi connectivity index (χ0v) is 11.3. The Morgan fingerprint density at radius 3 is 2.71 bits per heavy atom. The van der Waals surface area contributed by atoms with E-state index in [9.17, 15) is 18.3 Å². The number of rotatable bonds is 5. The van der Waals surface area contributed by atoms with Crippen molar-refractivity contribution in [2.24, 2.45) is 0 Å². The molecule has 7 heteroatoms. The lowest BCUT2D eigenvalue weighted by molar-refractivity contribution is -0.137. The number of aromatic nitrogens is 2. The Hall–Kier alpha value is -1.86. The van der Waals surface area contributed by atoms with Gasteiger partial charge in [-0.3, -0.25) is 0 Å². The molecule has 0 bridgehead atoms. The highest BCUT2D eigenvalue weighted by Crippen LogP contribution is 2.36. The van der Waals surface area contributed by atoms with Crippen LogP contribution in [-0.2, 0) is 17.5 Å². The van der Waals surface area contributed by atoms with Gasteiger partial charge in [-0.05, 0) is 6.07 Å². The van der Waals surface area contributed by atoms with Gasteiger partial charge in [-0.2, -0.15) is 13.2 Å². The van der Waals surface area contributed by atoms with Gasteiger partial charge in [-0.15, -0.1) is 0 Å². The Morgan fingerprint density at radius 2 is 2.05 bits per heavy atom. The van der Waals surface area contributed by atoms with Gasteiger partial charge in [0.1, 0.15) is 5.82 Å². The second kappa shape index (κ2) is 6.28. The molecule has 0 radical (unpaired) electrons. The maximum absolute atomic E-state index is 13.0. The third kappa shape index (κ3) is 3.62. The highest BCUT2D eigenvalue weighted by molar-refractivity contribution is 5.61. The summed E-state index contributed by atoms with van der Waals surface area (Å²) < 4.78 is 45.4. The van der Waals surface area contributed by atoms with E-state index in [-0.39, 0.29) is 24.5 Å². The van der Waals surface area contributed by atoms with Crippen molar-refractivity contribution in [3.8, 4) is 11.4 Å². The van der Waals surface area contributed by atoms with Crippen LogP contribution in [0, 0.1) is 0 Å². The molecule has 21 heavy (non-hydrogen) atoms. The van der Waals surface area contributed by atoms with E-state index >= 15 is 0 Å². The van der Waals surface area contributed by atoms with Crippen molar-refractivity contribution in [3.63, 3.8) is 0 Å². The van der Waals surface area contributed by atoms with E-state index in [0.717, 1.165) is 6.07 Å². The second-order valence-corrected chi connectivity index (χ2v) is 4.56. The number of aliphatic hydroxyl groups is 1. The Bertz CT molecular complexity index is 596. The molecule has 0 aliphatic carbocycles. The van der Waals surface area contributed by atoms with Crippen LogP contribution in [0.4, 0.5) is 13.2 Å². The Morgan fingerprint density at radius 1 is 1.33 bits per heavy atom. The van der Waals surface area contributed by atoms with Crippen LogP contribution < -0.4 is 0 Å². The first-order chi connectivity index (χ1) is 9.93. The minimum atomic E-state index is -4.46. The number of benzene rings is 1. The number of nitrogens with zero attached hydrogens (tertiary/aromatic N) is 2. The Labute approximate surface area is 119 Å². The zero-order chi connectivity index (χ0) is 15.5. The van der Waals surface area contributed by atoms with E-state index in [1.807, 2.05) is 0 Å². The van der Waals surface area contributed by atoms with Gasteiger partial charge < -0.3 is 14.4 Å². The fourth-order valence-electron chi connectivity index (χ4n) is 2.10. The lowest BCUT2D eigenvalue weighted by Gasteiger charge is -2.16. The molecule has 114 valence electrons. The van der Waals surface area contributed by atoms with Crippen LogP contribution in [-0.4, -0.2) is 34.5 Å². The lowest BCUT2D eigenvalue weighted by atomic mass is 10.1. The number of halogens is 3. The molecule has 1 heterocycles. The van der Waals surface area contributed by atoms with Gasteiger partial charge in [0.25, 0.3) is 0 Å². The van der Waals surface area contributed by atoms with E-state index in [2.05, 4.69) is 4.98 Å². The van der Waals surface area contributed by atoms with Crippen LogP contribution in [0.3, 0.4) is 0 Å². The fraction of sp³-hybridized carbons (Fsp3) is 0.357. The van der Waals surface area contributed by atoms with E-state index < -0.39 is 17.8 Å². The maximum Gasteiger partial charge on any atom is 0.417 e. The minimum absolute atomic E-state index is 0.0142. The zero-order valence-electron chi connectivity index (χ0n) is 11.3. The van der Waals surface area contributed by atoms with Gasteiger partial charge in [0, 0.05) is 25.1 Å². The first-order valence-electron chi connectivity index (χ1n) is 6.28. The molecule has 0 aliphatic rings. The van der Waals surface area contributed by atoms with Crippen LogP contribution in [0.2, 0.25) is 0 Å². The molecule has 1 aromatic heterocycles. The first-order valence-corrected chi connectivity index (χ1v) is 6.28. The summed E-state index contributed by atoms with van der Waals surface area (Å²) in [6.07, 6.45) is -2.34. The summed E-state index contributed by atoms with van der Waals surface area (Å²) in [5.74, 6) is 0.165. The van der Waals surface area contributed by atoms with Crippen LogP contribution in [0.1, 0.15) is 5.56 Å². The molecule has 0 unspecified atom stereocenters. The topological polar surface area (TPSA) is 47.3 Å². The second-order valence-electron chi connectivity index (χ2n) is 4.56.